The number of aromatic nitrogens is 2. The molecular formula is C18H24N4O2. The minimum Gasteiger partial charge on any atom is -0.339 e. The monoisotopic (exact) mass is 328 g/mol. The van der Waals surface area contributed by atoms with Crippen LogP contribution in [0.4, 0.5) is 0 Å². The Labute approximate surface area is 142 Å². The molecule has 1 fully saturated rings. The average molecular weight is 328 g/mol. The summed E-state index contributed by atoms with van der Waals surface area (Å²) in [6, 6.07) is 7.30. The lowest BCUT2D eigenvalue weighted by atomic mass is 9.77. The minimum atomic E-state index is -0.431. The van der Waals surface area contributed by atoms with Crippen LogP contribution in [0.25, 0.3) is 11.5 Å². The summed E-state index contributed by atoms with van der Waals surface area (Å²) in [5.41, 5.74) is 7.26. The van der Waals surface area contributed by atoms with E-state index in [-0.39, 0.29) is 5.91 Å². The van der Waals surface area contributed by atoms with Gasteiger partial charge in [0.25, 0.3) is 11.8 Å². The van der Waals surface area contributed by atoms with Crippen molar-refractivity contribution in [2.24, 2.45) is 5.73 Å². The van der Waals surface area contributed by atoms with E-state index in [1.54, 1.807) is 12.1 Å². The van der Waals surface area contributed by atoms with Crippen LogP contribution < -0.4 is 5.73 Å². The second kappa shape index (κ2) is 6.73. The molecule has 1 aliphatic rings. The highest BCUT2D eigenvalue weighted by molar-refractivity contribution is 5.94. The van der Waals surface area contributed by atoms with Crippen LogP contribution in [0.1, 0.15) is 55.7 Å². The number of carbonyl (C=O) groups is 1. The molecule has 0 radical (unpaired) electrons. The van der Waals surface area contributed by atoms with Gasteiger partial charge in [-0.2, -0.15) is 4.98 Å². The lowest BCUT2D eigenvalue weighted by Crippen LogP contribution is -2.44. The lowest BCUT2D eigenvalue weighted by molar-refractivity contribution is 0.0764. The molecule has 6 nitrogen and oxygen atoms in total. The van der Waals surface area contributed by atoms with Crippen LogP contribution in [-0.4, -0.2) is 34.0 Å². The third kappa shape index (κ3) is 3.06. The van der Waals surface area contributed by atoms with E-state index in [1.807, 2.05) is 24.0 Å². The summed E-state index contributed by atoms with van der Waals surface area (Å²) in [6.07, 6.45) is 3.83. The Morgan fingerprint density at radius 2 is 2.00 bits per heavy atom. The van der Waals surface area contributed by atoms with Crippen LogP contribution in [-0.2, 0) is 5.54 Å². The van der Waals surface area contributed by atoms with Gasteiger partial charge in [-0.05, 0) is 56.9 Å². The molecule has 0 aliphatic heterocycles. The van der Waals surface area contributed by atoms with Gasteiger partial charge < -0.3 is 15.2 Å². The molecule has 0 unspecified atom stereocenters. The van der Waals surface area contributed by atoms with Crippen LogP contribution in [0.15, 0.2) is 28.8 Å². The smallest absolute Gasteiger partial charge is 0.257 e. The van der Waals surface area contributed by atoms with Gasteiger partial charge in [-0.25, -0.2) is 0 Å². The summed E-state index contributed by atoms with van der Waals surface area (Å²) in [5, 5.41) is 4.02. The summed E-state index contributed by atoms with van der Waals surface area (Å²) in [4.78, 5) is 18.7. The van der Waals surface area contributed by atoms with Crippen molar-refractivity contribution in [3.05, 3.63) is 35.7 Å². The SMILES string of the molecule is CCCN(CC)C(=O)c1ccc(-c2nc(C3(N)CCC3)no2)cc1. The van der Waals surface area contributed by atoms with Crippen LogP contribution in [0.5, 0.6) is 0 Å². The Bertz CT molecular complexity index is 704. The van der Waals surface area contributed by atoms with Crippen molar-refractivity contribution in [3.63, 3.8) is 0 Å². The number of hydrogen-bond donors (Lipinski definition) is 1. The number of benzene rings is 1. The highest BCUT2D eigenvalue weighted by atomic mass is 16.5. The molecular weight excluding hydrogens is 304 g/mol. The molecule has 0 saturated heterocycles. The first-order chi connectivity index (χ1) is 11.6. The van der Waals surface area contributed by atoms with Gasteiger partial charge in [0.15, 0.2) is 5.82 Å². The third-order valence-electron chi connectivity index (χ3n) is 4.66. The minimum absolute atomic E-state index is 0.0486. The molecule has 2 N–H and O–H groups in total. The topological polar surface area (TPSA) is 85.2 Å². The summed E-state index contributed by atoms with van der Waals surface area (Å²) < 4.78 is 5.34. The maximum Gasteiger partial charge on any atom is 0.257 e. The second-order valence-electron chi connectivity index (χ2n) is 6.40. The van der Waals surface area contributed by atoms with E-state index in [4.69, 9.17) is 10.3 Å². The second-order valence-corrected chi connectivity index (χ2v) is 6.40. The number of nitrogens with two attached hydrogens (primary N) is 1. The van der Waals surface area contributed by atoms with E-state index in [0.717, 1.165) is 37.8 Å². The fourth-order valence-corrected chi connectivity index (χ4v) is 2.94. The van der Waals surface area contributed by atoms with Crippen molar-refractivity contribution >= 4 is 5.91 Å². The normalized spacial score (nSPS) is 15.8. The first-order valence-corrected chi connectivity index (χ1v) is 8.60. The number of rotatable bonds is 6. The summed E-state index contributed by atoms with van der Waals surface area (Å²) >= 11 is 0. The quantitative estimate of drug-likeness (QED) is 0.881. The molecule has 0 bridgehead atoms. The largest absolute Gasteiger partial charge is 0.339 e. The van der Waals surface area contributed by atoms with Gasteiger partial charge >= 0.3 is 0 Å². The fourth-order valence-electron chi connectivity index (χ4n) is 2.94. The van der Waals surface area contributed by atoms with E-state index >= 15 is 0 Å². The van der Waals surface area contributed by atoms with Gasteiger partial charge in [-0.1, -0.05) is 12.1 Å². The molecule has 3 rings (SSSR count). The Balaban J connectivity index is 1.76. The van der Waals surface area contributed by atoms with E-state index in [9.17, 15) is 4.79 Å². The molecule has 1 aromatic carbocycles. The standard InChI is InChI=1S/C18H24N4O2/c1-3-12-22(4-2)16(23)14-8-6-13(7-9-14)15-20-17(21-24-15)18(19)10-5-11-18/h6-9H,3-5,10-12,19H2,1-2H3. The van der Waals surface area contributed by atoms with E-state index in [1.165, 1.54) is 0 Å². The Morgan fingerprint density at radius 1 is 1.29 bits per heavy atom. The van der Waals surface area contributed by atoms with E-state index in [2.05, 4.69) is 17.1 Å². The molecule has 1 heterocycles. The highest BCUT2D eigenvalue weighted by Gasteiger charge is 2.39. The molecule has 1 aromatic heterocycles. The van der Waals surface area contributed by atoms with Gasteiger partial charge in [0.1, 0.15) is 0 Å². The first kappa shape index (κ1) is 16.6. The van der Waals surface area contributed by atoms with Gasteiger partial charge in [0.2, 0.25) is 0 Å². The molecule has 128 valence electrons. The zero-order chi connectivity index (χ0) is 17.2. The maximum absolute atomic E-state index is 12.5. The van der Waals surface area contributed by atoms with Crippen molar-refractivity contribution in [3.8, 4) is 11.5 Å². The Hall–Kier alpha value is -2.21. The predicted octanol–water partition coefficient (Wildman–Crippen LogP) is 2.95. The molecule has 2 aromatic rings. The zero-order valence-corrected chi connectivity index (χ0v) is 14.3. The van der Waals surface area contributed by atoms with Crippen molar-refractivity contribution in [1.82, 2.24) is 15.0 Å². The predicted molar refractivity (Wildman–Crippen MR) is 91.3 cm³/mol. The van der Waals surface area contributed by atoms with Gasteiger partial charge in [-0.15, -0.1) is 0 Å². The number of carbonyl (C=O) groups excluding carboxylic acids is 1. The Morgan fingerprint density at radius 3 is 2.54 bits per heavy atom. The summed E-state index contributed by atoms with van der Waals surface area (Å²) in [5.74, 6) is 1.07. The average Bonchev–Trinajstić information content (AvgIpc) is 3.07. The van der Waals surface area contributed by atoms with Crippen molar-refractivity contribution < 1.29 is 9.32 Å². The molecule has 1 saturated carbocycles. The van der Waals surface area contributed by atoms with Crippen LogP contribution in [0.2, 0.25) is 0 Å². The highest BCUT2D eigenvalue weighted by Crippen LogP contribution is 2.37. The van der Waals surface area contributed by atoms with Crippen molar-refractivity contribution in [1.29, 1.82) is 0 Å². The molecule has 24 heavy (non-hydrogen) atoms. The molecule has 0 spiro atoms. The van der Waals surface area contributed by atoms with Gasteiger partial charge in [-0.3, -0.25) is 4.79 Å². The van der Waals surface area contributed by atoms with E-state index in [0.29, 0.717) is 23.8 Å². The number of nitrogens with zero attached hydrogens (tertiary/aromatic N) is 3. The number of amides is 1. The van der Waals surface area contributed by atoms with Crippen molar-refractivity contribution in [2.45, 2.75) is 45.1 Å². The fraction of sp³-hybridized carbons (Fsp3) is 0.500. The lowest BCUT2D eigenvalue weighted by Gasteiger charge is -2.34. The summed E-state index contributed by atoms with van der Waals surface area (Å²) in [6.45, 7) is 5.53. The molecule has 0 atom stereocenters. The Kier molecular flexibility index (Phi) is 4.66. The molecule has 1 amide bonds. The van der Waals surface area contributed by atoms with Gasteiger partial charge in [0, 0.05) is 24.2 Å². The summed E-state index contributed by atoms with van der Waals surface area (Å²) in [7, 11) is 0. The third-order valence-corrected chi connectivity index (χ3v) is 4.66. The zero-order valence-electron chi connectivity index (χ0n) is 14.3. The first-order valence-electron chi connectivity index (χ1n) is 8.60. The van der Waals surface area contributed by atoms with Crippen LogP contribution in [0, 0.1) is 0 Å². The molecule has 1 aliphatic carbocycles. The van der Waals surface area contributed by atoms with Crippen molar-refractivity contribution in [2.75, 3.05) is 13.1 Å². The molecule has 6 heteroatoms. The van der Waals surface area contributed by atoms with Crippen LogP contribution >= 0.6 is 0 Å². The van der Waals surface area contributed by atoms with Crippen LogP contribution in [0.3, 0.4) is 0 Å². The van der Waals surface area contributed by atoms with Gasteiger partial charge in [0.05, 0.1) is 5.54 Å². The van der Waals surface area contributed by atoms with E-state index < -0.39 is 5.54 Å². The number of hydrogen-bond acceptors (Lipinski definition) is 5. The maximum atomic E-state index is 12.5.